The Morgan fingerprint density at radius 2 is 1.82 bits per heavy atom. The molecule has 0 aliphatic rings. The van der Waals surface area contributed by atoms with Gasteiger partial charge in [0.2, 0.25) is 0 Å². The van der Waals surface area contributed by atoms with Gasteiger partial charge in [-0.3, -0.25) is 4.79 Å². The number of nitrogens with zero attached hydrogens (tertiary/aromatic N) is 1. The van der Waals surface area contributed by atoms with Crippen LogP contribution in [-0.4, -0.2) is 22.1 Å². The molecule has 3 aromatic carbocycles. The standard InChI is InChI=1S/C28H25FN2O3/c1-17(2)25-26(20-9-11-21(29)12-10-20)23-14-13-22(34-16-19-7-5-4-6-8-19)15-24(23)31-27(25)30-18(3)28(32)33/h4-15,18H,1,16H2,2-3H3,(H,30,31)(H,32,33). The smallest absolute Gasteiger partial charge is 0.325 e. The number of halogens is 1. The second-order valence-corrected chi connectivity index (χ2v) is 8.16. The monoisotopic (exact) mass is 456 g/mol. The Labute approximate surface area is 197 Å². The molecule has 1 atom stereocenters. The number of aromatic nitrogens is 1. The van der Waals surface area contributed by atoms with Crippen molar-refractivity contribution in [3.63, 3.8) is 0 Å². The number of hydrogen-bond acceptors (Lipinski definition) is 4. The fourth-order valence-corrected chi connectivity index (χ4v) is 3.78. The number of carboxylic acid groups (broad SMARTS) is 1. The molecule has 1 heterocycles. The quantitative estimate of drug-likeness (QED) is 0.315. The van der Waals surface area contributed by atoms with Crippen LogP contribution in [0.25, 0.3) is 27.6 Å². The van der Waals surface area contributed by atoms with Gasteiger partial charge in [0.1, 0.15) is 30.0 Å². The molecule has 4 aromatic rings. The van der Waals surface area contributed by atoms with Crippen molar-refractivity contribution in [1.29, 1.82) is 0 Å². The first-order valence-electron chi connectivity index (χ1n) is 10.9. The fraction of sp³-hybridized carbons (Fsp3) is 0.143. The summed E-state index contributed by atoms with van der Waals surface area (Å²) in [6, 6.07) is 20.8. The van der Waals surface area contributed by atoms with E-state index in [0.29, 0.717) is 34.8 Å². The molecular formula is C28H25FN2O3. The number of ether oxygens (including phenoxy) is 1. The molecule has 4 rings (SSSR count). The van der Waals surface area contributed by atoms with Gasteiger partial charge in [0.25, 0.3) is 0 Å². The Bertz CT molecular complexity index is 1350. The van der Waals surface area contributed by atoms with E-state index in [2.05, 4.69) is 11.9 Å². The Balaban J connectivity index is 1.87. The van der Waals surface area contributed by atoms with E-state index >= 15 is 0 Å². The van der Waals surface area contributed by atoms with E-state index in [-0.39, 0.29) is 5.82 Å². The van der Waals surface area contributed by atoms with Crippen LogP contribution in [0.5, 0.6) is 5.75 Å². The van der Waals surface area contributed by atoms with Crippen LogP contribution in [0.15, 0.2) is 79.4 Å². The molecule has 0 aliphatic carbocycles. The summed E-state index contributed by atoms with van der Waals surface area (Å²) in [4.78, 5) is 16.3. The largest absolute Gasteiger partial charge is 0.489 e. The molecule has 5 nitrogen and oxygen atoms in total. The molecule has 1 aromatic heterocycles. The van der Waals surface area contributed by atoms with E-state index < -0.39 is 12.0 Å². The van der Waals surface area contributed by atoms with Gasteiger partial charge in [0.05, 0.1) is 5.52 Å². The molecule has 1 unspecified atom stereocenters. The van der Waals surface area contributed by atoms with Crippen molar-refractivity contribution in [3.8, 4) is 16.9 Å². The molecular weight excluding hydrogens is 431 g/mol. The summed E-state index contributed by atoms with van der Waals surface area (Å²) in [6.45, 7) is 7.89. The van der Waals surface area contributed by atoms with Crippen LogP contribution >= 0.6 is 0 Å². The third-order valence-electron chi connectivity index (χ3n) is 5.49. The summed E-state index contributed by atoms with van der Waals surface area (Å²) in [6.07, 6.45) is 0. The molecule has 2 N–H and O–H groups in total. The summed E-state index contributed by atoms with van der Waals surface area (Å²) in [5.74, 6) is -0.310. The van der Waals surface area contributed by atoms with E-state index in [0.717, 1.165) is 22.1 Å². The molecule has 172 valence electrons. The molecule has 0 bridgehead atoms. The average molecular weight is 457 g/mol. The van der Waals surface area contributed by atoms with Gasteiger partial charge < -0.3 is 15.2 Å². The zero-order chi connectivity index (χ0) is 24.2. The number of nitrogens with one attached hydrogen (secondary N) is 1. The van der Waals surface area contributed by atoms with Crippen molar-refractivity contribution in [3.05, 3.63) is 96.3 Å². The minimum atomic E-state index is -1.00. The van der Waals surface area contributed by atoms with Crippen molar-refractivity contribution < 1.29 is 19.0 Å². The number of aliphatic carboxylic acids is 1. The summed E-state index contributed by atoms with van der Waals surface area (Å²) in [7, 11) is 0. The lowest BCUT2D eigenvalue weighted by atomic mass is 9.92. The van der Waals surface area contributed by atoms with E-state index in [1.165, 1.54) is 12.1 Å². The van der Waals surface area contributed by atoms with Gasteiger partial charge >= 0.3 is 5.97 Å². The second kappa shape index (κ2) is 9.75. The Hall–Kier alpha value is -4.19. The highest BCUT2D eigenvalue weighted by Gasteiger charge is 2.21. The molecule has 0 amide bonds. The van der Waals surface area contributed by atoms with Gasteiger partial charge in [-0.15, -0.1) is 0 Å². The van der Waals surface area contributed by atoms with Crippen molar-refractivity contribution >= 4 is 28.3 Å². The van der Waals surface area contributed by atoms with Crippen molar-refractivity contribution in [2.75, 3.05) is 5.32 Å². The molecule has 6 heteroatoms. The minimum Gasteiger partial charge on any atom is -0.489 e. The van der Waals surface area contributed by atoms with Crippen LogP contribution in [0.4, 0.5) is 10.2 Å². The van der Waals surface area contributed by atoms with Crippen LogP contribution in [0.2, 0.25) is 0 Å². The molecule has 0 spiro atoms. The lowest BCUT2D eigenvalue weighted by Gasteiger charge is -2.20. The lowest BCUT2D eigenvalue weighted by Crippen LogP contribution is -2.26. The van der Waals surface area contributed by atoms with Gasteiger partial charge in [-0.2, -0.15) is 0 Å². The van der Waals surface area contributed by atoms with Gasteiger partial charge in [0.15, 0.2) is 0 Å². The number of allylic oxidation sites excluding steroid dienone is 1. The zero-order valence-corrected chi connectivity index (χ0v) is 19.0. The molecule has 34 heavy (non-hydrogen) atoms. The molecule has 0 saturated carbocycles. The van der Waals surface area contributed by atoms with Crippen LogP contribution < -0.4 is 10.1 Å². The number of hydrogen-bond donors (Lipinski definition) is 2. The third kappa shape index (κ3) is 4.91. The van der Waals surface area contributed by atoms with Gasteiger partial charge in [-0.05, 0) is 54.8 Å². The fourth-order valence-electron chi connectivity index (χ4n) is 3.78. The number of benzene rings is 3. The highest BCUT2D eigenvalue weighted by Crippen LogP contribution is 2.40. The Morgan fingerprint density at radius 1 is 1.12 bits per heavy atom. The zero-order valence-electron chi connectivity index (χ0n) is 19.0. The van der Waals surface area contributed by atoms with Crippen LogP contribution in [-0.2, 0) is 11.4 Å². The normalized spacial score (nSPS) is 11.7. The SMILES string of the molecule is C=C(C)c1c(NC(C)C(=O)O)nc2cc(OCc3ccccc3)ccc2c1-c1ccc(F)cc1. The van der Waals surface area contributed by atoms with Crippen molar-refractivity contribution in [2.45, 2.75) is 26.5 Å². The van der Waals surface area contributed by atoms with E-state index in [9.17, 15) is 14.3 Å². The number of rotatable bonds is 8. The first-order chi connectivity index (χ1) is 16.3. The minimum absolute atomic E-state index is 0.339. The summed E-state index contributed by atoms with van der Waals surface area (Å²) in [5.41, 5.74) is 4.62. The highest BCUT2D eigenvalue weighted by atomic mass is 19.1. The van der Waals surface area contributed by atoms with E-state index in [1.807, 2.05) is 55.5 Å². The highest BCUT2D eigenvalue weighted by molar-refractivity contribution is 6.03. The number of fused-ring (bicyclic) bond motifs is 1. The molecule has 0 fully saturated rings. The number of pyridine rings is 1. The van der Waals surface area contributed by atoms with Gasteiger partial charge in [-0.1, -0.05) is 49.0 Å². The first kappa shape index (κ1) is 23.0. The second-order valence-electron chi connectivity index (χ2n) is 8.16. The third-order valence-corrected chi connectivity index (χ3v) is 5.49. The number of carboxylic acids is 1. The van der Waals surface area contributed by atoms with Crippen molar-refractivity contribution in [1.82, 2.24) is 4.98 Å². The molecule has 0 radical (unpaired) electrons. The average Bonchev–Trinajstić information content (AvgIpc) is 2.82. The maximum atomic E-state index is 13.7. The van der Waals surface area contributed by atoms with E-state index in [1.54, 1.807) is 19.1 Å². The lowest BCUT2D eigenvalue weighted by molar-refractivity contribution is -0.137. The topological polar surface area (TPSA) is 71.5 Å². The van der Waals surface area contributed by atoms with Gasteiger partial charge in [0, 0.05) is 22.6 Å². The summed E-state index contributed by atoms with van der Waals surface area (Å²) in [5, 5.41) is 13.3. The summed E-state index contributed by atoms with van der Waals surface area (Å²) < 4.78 is 19.6. The van der Waals surface area contributed by atoms with Crippen LogP contribution in [0, 0.1) is 5.82 Å². The molecule has 0 aliphatic heterocycles. The number of anilines is 1. The van der Waals surface area contributed by atoms with E-state index in [4.69, 9.17) is 9.72 Å². The van der Waals surface area contributed by atoms with Crippen molar-refractivity contribution in [2.24, 2.45) is 0 Å². The predicted octanol–water partition coefficient (Wildman–Crippen LogP) is 6.54. The van der Waals surface area contributed by atoms with Crippen LogP contribution in [0.1, 0.15) is 25.0 Å². The van der Waals surface area contributed by atoms with Crippen LogP contribution in [0.3, 0.4) is 0 Å². The predicted molar refractivity (Wildman–Crippen MR) is 133 cm³/mol. The first-order valence-corrected chi connectivity index (χ1v) is 10.9. The van der Waals surface area contributed by atoms with Gasteiger partial charge in [-0.25, -0.2) is 9.37 Å². The molecule has 0 saturated heterocycles. The Morgan fingerprint density at radius 3 is 2.47 bits per heavy atom. The number of carbonyl (C=O) groups is 1. The maximum Gasteiger partial charge on any atom is 0.325 e. The summed E-state index contributed by atoms with van der Waals surface area (Å²) >= 11 is 0. The maximum absolute atomic E-state index is 13.7. The Kier molecular flexibility index (Phi) is 6.59.